The zero-order chi connectivity index (χ0) is 24.2. The lowest BCUT2D eigenvalue weighted by atomic mass is 9.93. The van der Waals surface area contributed by atoms with Gasteiger partial charge in [0.15, 0.2) is 16.1 Å². The van der Waals surface area contributed by atoms with E-state index in [-0.39, 0.29) is 16.9 Å². The second kappa shape index (κ2) is 11.0. The second-order valence-corrected chi connectivity index (χ2v) is 10.6. The molecule has 0 radical (unpaired) electrons. The quantitative estimate of drug-likeness (QED) is 0.394. The Bertz CT molecular complexity index is 1190. The molecule has 3 heterocycles. The number of nitrogens with zero attached hydrogens (tertiary/aromatic N) is 2. The first kappa shape index (κ1) is 24.8. The van der Waals surface area contributed by atoms with Crippen LogP contribution in [0.3, 0.4) is 0 Å². The van der Waals surface area contributed by atoms with E-state index in [1.807, 2.05) is 6.92 Å². The molecule has 2 unspecified atom stereocenters. The number of anilines is 2. The fourth-order valence-electron chi connectivity index (χ4n) is 3.82. The number of rotatable bonds is 8. The summed E-state index contributed by atoms with van der Waals surface area (Å²) in [5, 5.41) is 4.50. The van der Waals surface area contributed by atoms with Crippen LogP contribution in [0.5, 0.6) is 5.88 Å². The molecule has 0 amide bonds. The molecular weight excluding hydrogens is 499 g/mol. The summed E-state index contributed by atoms with van der Waals surface area (Å²) < 4.78 is 40.1. The van der Waals surface area contributed by atoms with E-state index in [9.17, 15) is 8.60 Å². The van der Waals surface area contributed by atoms with Crippen molar-refractivity contribution in [3.8, 4) is 16.3 Å². The van der Waals surface area contributed by atoms with Gasteiger partial charge >= 0.3 is 0 Å². The Morgan fingerprint density at radius 1 is 1.32 bits per heavy atom. The molecule has 4 rings (SSSR count). The average Bonchev–Trinajstić information content (AvgIpc) is 3.20. The van der Waals surface area contributed by atoms with E-state index in [2.05, 4.69) is 21.9 Å². The van der Waals surface area contributed by atoms with Crippen molar-refractivity contribution in [1.29, 1.82) is 0 Å². The standard InChI is InChI=1S/C23H26ClFN4O3S2/c1-13(15-6-8-32-9-7-15)27-23-28-14(2)21(33-23)16-10-20(22(31-3)26-12-16)34(30)29-19-5-4-17(25)11-18(19)24/h4-5,10-13,15,29H,6-9H2,1-3H3,(H,27,28). The van der Waals surface area contributed by atoms with Crippen LogP contribution < -0.4 is 14.8 Å². The fourth-order valence-corrected chi connectivity index (χ4v) is 6.15. The summed E-state index contributed by atoms with van der Waals surface area (Å²) >= 11 is 7.61. The van der Waals surface area contributed by atoms with Gasteiger partial charge in [0.25, 0.3) is 0 Å². The number of thiazole rings is 1. The Balaban J connectivity index is 1.56. The number of pyridine rings is 1. The predicted octanol–water partition coefficient (Wildman–Crippen LogP) is 5.68. The number of benzene rings is 1. The smallest absolute Gasteiger partial charge is 0.231 e. The van der Waals surface area contributed by atoms with Crippen LogP contribution in [0.25, 0.3) is 10.4 Å². The highest BCUT2D eigenvalue weighted by molar-refractivity contribution is 7.86. The molecule has 0 saturated carbocycles. The Morgan fingerprint density at radius 2 is 2.09 bits per heavy atom. The number of nitrogens with one attached hydrogen (secondary N) is 2. The first-order valence-corrected chi connectivity index (χ1v) is 13.2. The summed E-state index contributed by atoms with van der Waals surface area (Å²) in [6.07, 6.45) is 3.75. The van der Waals surface area contributed by atoms with Gasteiger partial charge in [-0.1, -0.05) is 22.9 Å². The Morgan fingerprint density at radius 3 is 2.79 bits per heavy atom. The summed E-state index contributed by atoms with van der Waals surface area (Å²) in [7, 11) is -0.283. The largest absolute Gasteiger partial charge is 0.480 e. The molecule has 0 bridgehead atoms. The Hall–Kier alpha value is -2.27. The van der Waals surface area contributed by atoms with E-state index >= 15 is 0 Å². The number of hydrogen-bond donors (Lipinski definition) is 2. The normalized spacial score (nSPS) is 16.1. The fraction of sp³-hybridized carbons (Fsp3) is 0.391. The van der Waals surface area contributed by atoms with Gasteiger partial charge in [0.05, 0.1) is 28.4 Å². The SMILES string of the molecule is COc1ncc(-c2sc(NC(C)C3CCOCC3)nc2C)cc1S(=O)Nc1ccc(F)cc1Cl. The third-order valence-electron chi connectivity index (χ3n) is 5.73. The molecule has 1 aliphatic rings. The molecule has 2 N–H and O–H groups in total. The third-order valence-corrected chi connectivity index (χ3v) is 8.28. The molecule has 3 aromatic rings. The van der Waals surface area contributed by atoms with E-state index in [0.717, 1.165) is 53.4 Å². The molecule has 7 nitrogen and oxygen atoms in total. The summed E-state index contributed by atoms with van der Waals surface area (Å²) in [5.74, 6) is 0.294. The van der Waals surface area contributed by atoms with Crippen molar-refractivity contribution in [1.82, 2.24) is 9.97 Å². The van der Waals surface area contributed by atoms with Crippen molar-refractivity contribution in [2.24, 2.45) is 5.92 Å². The van der Waals surface area contributed by atoms with Crippen LogP contribution in [0, 0.1) is 18.7 Å². The van der Waals surface area contributed by atoms with Crippen LogP contribution in [0.15, 0.2) is 35.4 Å². The summed E-state index contributed by atoms with van der Waals surface area (Å²) in [4.78, 5) is 10.3. The van der Waals surface area contributed by atoms with E-state index in [4.69, 9.17) is 26.1 Å². The van der Waals surface area contributed by atoms with Crippen LogP contribution in [0.2, 0.25) is 5.02 Å². The molecule has 0 spiro atoms. The Labute approximate surface area is 209 Å². The van der Waals surface area contributed by atoms with Gasteiger partial charge in [-0.05, 0) is 56.9 Å². The monoisotopic (exact) mass is 524 g/mol. The van der Waals surface area contributed by atoms with E-state index in [0.29, 0.717) is 16.5 Å². The van der Waals surface area contributed by atoms with Gasteiger partial charge in [0, 0.05) is 31.0 Å². The van der Waals surface area contributed by atoms with Gasteiger partial charge in [-0.2, -0.15) is 0 Å². The third kappa shape index (κ3) is 5.68. The van der Waals surface area contributed by atoms with Crippen LogP contribution in [0.4, 0.5) is 15.2 Å². The van der Waals surface area contributed by atoms with Crippen LogP contribution in [-0.2, 0) is 15.7 Å². The van der Waals surface area contributed by atoms with Crippen molar-refractivity contribution in [2.75, 3.05) is 30.4 Å². The van der Waals surface area contributed by atoms with Gasteiger partial charge in [-0.15, -0.1) is 0 Å². The lowest BCUT2D eigenvalue weighted by Gasteiger charge is -2.28. The number of aryl methyl sites for hydroxylation is 1. The minimum atomic E-state index is -1.75. The zero-order valence-electron chi connectivity index (χ0n) is 19.1. The van der Waals surface area contributed by atoms with Crippen molar-refractivity contribution in [3.63, 3.8) is 0 Å². The van der Waals surface area contributed by atoms with Crippen LogP contribution >= 0.6 is 22.9 Å². The van der Waals surface area contributed by atoms with Crippen molar-refractivity contribution >= 4 is 44.7 Å². The summed E-state index contributed by atoms with van der Waals surface area (Å²) in [6.45, 7) is 5.71. The molecule has 2 aromatic heterocycles. The maximum absolute atomic E-state index is 13.4. The highest BCUT2D eigenvalue weighted by Gasteiger charge is 2.23. The minimum Gasteiger partial charge on any atom is -0.480 e. The van der Waals surface area contributed by atoms with E-state index < -0.39 is 16.8 Å². The summed E-state index contributed by atoms with van der Waals surface area (Å²) in [6, 6.07) is 5.88. The lowest BCUT2D eigenvalue weighted by Crippen LogP contribution is -2.30. The van der Waals surface area contributed by atoms with Crippen molar-refractivity contribution < 1.29 is 18.1 Å². The number of aromatic nitrogens is 2. The number of methoxy groups -OCH3 is 1. The lowest BCUT2D eigenvalue weighted by molar-refractivity contribution is 0.0622. The molecule has 11 heteroatoms. The van der Waals surface area contributed by atoms with Gasteiger partial charge in [0.2, 0.25) is 5.88 Å². The van der Waals surface area contributed by atoms with Crippen LogP contribution in [-0.4, -0.2) is 40.5 Å². The first-order valence-electron chi connectivity index (χ1n) is 10.8. The maximum atomic E-state index is 13.4. The van der Waals surface area contributed by atoms with Crippen molar-refractivity contribution in [3.05, 3.63) is 47.0 Å². The molecule has 34 heavy (non-hydrogen) atoms. The van der Waals surface area contributed by atoms with E-state index in [1.165, 1.54) is 30.6 Å². The average molecular weight is 525 g/mol. The molecule has 1 aliphatic heterocycles. The predicted molar refractivity (Wildman–Crippen MR) is 135 cm³/mol. The maximum Gasteiger partial charge on any atom is 0.231 e. The topological polar surface area (TPSA) is 85.4 Å². The molecular formula is C23H26ClFN4O3S2. The van der Waals surface area contributed by atoms with Crippen LogP contribution in [0.1, 0.15) is 25.5 Å². The Kier molecular flexibility index (Phi) is 8.02. The van der Waals surface area contributed by atoms with Gasteiger partial charge in [-0.25, -0.2) is 18.6 Å². The highest BCUT2D eigenvalue weighted by Crippen LogP contribution is 2.36. The van der Waals surface area contributed by atoms with Gasteiger partial charge in [-0.3, -0.25) is 4.72 Å². The zero-order valence-corrected chi connectivity index (χ0v) is 21.5. The number of ether oxygens (including phenoxy) is 2. The first-order chi connectivity index (χ1) is 16.4. The highest BCUT2D eigenvalue weighted by atomic mass is 35.5. The van der Waals surface area contributed by atoms with Gasteiger partial charge < -0.3 is 14.8 Å². The summed E-state index contributed by atoms with van der Waals surface area (Å²) in [5.41, 5.74) is 1.97. The molecule has 2 atom stereocenters. The molecule has 182 valence electrons. The van der Waals surface area contributed by atoms with Gasteiger partial charge in [0.1, 0.15) is 10.7 Å². The van der Waals surface area contributed by atoms with E-state index in [1.54, 1.807) is 12.3 Å². The molecule has 1 aromatic carbocycles. The molecule has 1 saturated heterocycles. The van der Waals surface area contributed by atoms with Crippen molar-refractivity contribution in [2.45, 2.75) is 37.6 Å². The number of hydrogen-bond acceptors (Lipinski definition) is 7. The minimum absolute atomic E-state index is 0.129. The second-order valence-electron chi connectivity index (χ2n) is 8.04. The number of halogens is 2. The molecule has 0 aliphatic carbocycles. The molecule has 1 fully saturated rings.